The first-order valence-electron chi connectivity index (χ1n) is 7.12. The molecule has 1 aliphatic heterocycles. The maximum Gasteiger partial charge on any atom is 0.161 e. The second-order valence-electron chi connectivity index (χ2n) is 5.67. The third-order valence-electron chi connectivity index (χ3n) is 4.56. The molecule has 0 aromatic carbocycles. The summed E-state index contributed by atoms with van der Waals surface area (Å²) in [4.78, 5) is 2.74. The summed E-state index contributed by atoms with van der Waals surface area (Å²) in [6.45, 7) is 2.13. The van der Waals surface area contributed by atoms with Crippen LogP contribution in [-0.2, 0) is 0 Å². The van der Waals surface area contributed by atoms with Gasteiger partial charge >= 0.3 is 0 Å². The van der Waals surface area contributed by atoms with Crippen LogP contribution in [-0.4, -0.2) is 28.3 Å². The highest BCUT2D eigenvalue weighted by Crippen LogP contribution is 2.37. The van der Waals surface area contributed by atoms with Crippen molar-refractivity contribution in [3.63, 3.8) is 0 Å². The number of anilines is 1. The zero-order valence-electron chi connectivity index (χ0n) is 11.1. The highest BCUT2D eigenvalue weighted by atomic mass is 32.1. The molecule has 1 saturated carbocycles. The lowest BCUT2D eigenvalue weighted by molar-refractivity contribution is 0.202. The summed E-state index contributed by atoms with van der Waals surface area (Å²) in [7, 11) is 0. The van der Waals surface area contributed by atoms with Gasteiger partial charge in [-0.15, -0.1) is 5.10 Å². The van der Waals surface area contributed by atoms with Gasteiger partial charge in [0.05, 0.1) is 11.8 Å². The second kappa shape index (κ2) is 5.41. The Morgan fingerprint density at radius 1 is 1.26 bits per heavy atom. The largest absolute Gasteiger partial charge is 0.389 e. The van der Waals surface area contributed by atoms with Crippen LogP contribution < -0.4 is 10.6 Å². The summed E-state index contributed by atoms with van der Waals surface area (Å²) in [5.41, 5.74) is 6.65. The molecule has 1 aromatic rings. The molecule has 1 aliphatic carbocycles. The number of nitrogens with two attached hydrogens (primary N) is 1. The fraction of sp³-hybridized carbons (Fsp3) is 0.643. The van der Waals surface area contributed by atoms with Crippen LogP contribution in [0.3, 0.4) is 0 Å². The highest BCUT2D eigenvalue weighted by Gasteiger charge is 2.32. The number of hydrogen-bond acceptors (Lipinski definition) is 4. The average Bonchev–Trinajstić information content (AvgIpc) is 2.46. The minimum atomic E-state index is 0.413. The van der Waals surface area contributed by atoms with Crippen molar-refractivity contribution in [2.24, 2.45) is 17.6 Å². The fourth-order valence-corrected chi connectivity index (χ4v) is 3.70. The number of rotatable bonds is 2. The van der Waals surface area contributed by atoms with Gasteiger partial charge in [-0.25, -0.2) is 0 Å². The quantitative estimate of drug-likeness (QED) is 0.839. The number of aromatic nitrogens is 2. The van der Waals surface area contributed by atoms with Gasteiger partial charge in [-0.2, -0.15) is 5.10 Å². The van der Waals surface area contributed by atoms with Crippen molar-refractivity contribution < 1.29 is 0 Å². The molecule has 0 amide bonds. The van der Waals surface area contributed by atoms with Crippen LogP contribution in [0, 0.1) is 11.8 Å². The maximum absolute atomic E-state index is 5.79. The van der Waals surface area contributed by atoms with Crippen LogP contribution in [0.15, 0.2) is 12.3 Å². The molecule has 2 heterocycles. The van der Waals surface area contributed by atoms with Crippen LogP contribution >= 0.6 is 12.2 Å². The van der Waals surface area contributed by atoms with E-state index in [1.54, 1.807) is 6.20 Å². The maximum atomic E-state index is 5.79. The van der Waals surface area contributed by atoms with Crippen LogP contribution in [0.4, 0.5) is 5.82 Å². The summed E-state index contributed by atoms with van der Waals surface area (Å²) >= 11 is 5.12. The van der Waals surface area contributed by atoms with Gasteiger partial charge in [0.15, 0.2) is 5.82 Å². The normalized spacial score (nSPS) is 26.8. The summed E-state index contributed by atoms with van der Waals surface area (Å²) in [6.07, 6.45) is 8.45. The minimum Gasteiger partial charge on any atom is -0.389 e. The molecular formula is C14H20N4S. The molecular weight excluding hydrogens is 256 g/mol. The highest BCUT2D eigenvalue weighted by molar-refractivity contribution is 7.80. The molecule has 102 valence electrons. The topological polar surface area (TPSA) is 55.0 Å². The molecule has 0 radical (unpaired) electrons. The number of nitrogens with zero attached hydrogens (tertiary/aromatic N) is 3. The molecule has 0 bridgehead atoms. The Hall–Kier alpha value is -1.23. The van der Waals surface area contributed by atoms with E-state index in [-0.39, 0.29) is 0 Å². The van der Waals surface area contributed by atoms with E-state index in [1.165, 1.54) is 32.1 Å². The van der Waals surface area contributed by atoms with Crippen LogP contribution in [0.5, 0.6) is 0 Å². The molecule has 4 nitrogen and oxygen atoms in total. The van der Waals surface area contributed by atoms with E-state index in [0.29, 0.717) is 4.99 Å². The van der Waals surface area contributed by atoms with Crippen LogP contribution in [0.2, 0.25) is 0 Å². The van der Waals surface area contributed by atoms with Gasteiger partial charge in [-0.1, -0.05) is 31.5 Å². The lowest BCUT2D eigenvalue weighted by Crippen LogP contribution is -2.43. The van der Waals surface area contributed by atoms with E-state index in [0.717, 1.165) is 36.3 Å². The smallest absolute Gasteiger partial charge is 0.161 e. The average molecular weight is 276 g/mol. The van der Waals surface area contributed by atoms with Gasteiger partial charge in [-0.3, -0.25) is 0 Å². The van der Waals surface area contributed by atoms with Crippen molar-refractivity contribution in [2.45, 2.75) is 32.1 Å². The molecule has 1 aromatic heterocycles. The summed E-state index contributed by atoms with van der Waals surface area (Å²) < 4.78 is 0. The van der Waals surface area contributed by atoms with E-state index in [9.17, 15) is 0 Å². The molecule has 3 rings (SSSR count). The van der Waals surface area contributed by atoms with Gasteiger partial charge in [-0.05, 0) is 30.7 Å². The lowest BCUT2D eigenvalue weighted by atomic mass is 9.75. The van der Waals surface area contributed by atoms with Crippen LogP contribution in [0.1, 0.15) is 37.7 Å². The molecule has 2 atom stereocenters. The fourth-order valence-electron chi connectivity index (χ4n) is 3.54. The van der Waals surface area contributed by atoms with Crippen molar-refractivity contribution >= 4 is 23.0 Å². The number of hydrogen-bond donors (Lipinski definition) is 1. The second-order valence-corrected chi connectivity index (χ2v) is 6.11. The number of fused-ring (bicyclic) bond motifs is 1. The standard InChI is InChI=1S/C14H20N4S/c15-13(19)12-5-7-16-17-14(12)18-8-6-10-3-1-2-4-11(10)9-18/h5,7,10-11H,1-4,6,8-9H2,(H2,15,19). The van der Waals surface area contributed by atoms with Crippen molar-refractivity contribution in [3.8, 4) is 0 Å². The molecule has 5 heteroatoms. The van der Waals surface area contributed by atoms with E-state index >= 15 is 0 Å². The predicted octanol–water partition coefficient (Wildman–Crippen LogP) is 2.13. The van der Waals surface area contributed by atoms with Crippen molar-refractivity contribution in [2.75, 3.05) is 18.0 Å². The Labute approximate surface area is 119 Å². The predicted molar refractivity (Wildman–Crippen MR) is 80.2 cm³/mol. The van der Waals surface area contributed by atoms with Gasteiger partial charge in [0, 0.05) is 13.1 Å². The zero-order chi connectivity index (χ0) is 13.2. The van der Waals surface area contributed by atoms with Crippen molar-refractivity contribution in [3.05, 3.63) is 17.8 Å². The molecule has 2 N–H and O–H groups in total. The Bertz CT molecular complexity index is 476. The van der Waals surface area contributed by atoms with Gasteiger partial charge in [0.25, 0.3) is 0 Å². The molecule has 2 aliphatic rings. The van der Waals surface area contributed by atoms with Crippen molar-refractivity contribution in [1.82, 2.24) is 10.2 Å². The van der Waals surface area contributed by atoms with E-state index < -0.39 is 0 Å². The van der Waals surface area contributed by atoms with Crippen LogP contribution in [0.25, 0.3) is 0 Å². The molecule has 2 fully saturated rings. The monoisotopic (exact) mass is 276 g/mol. The van der Waals surface area contributed by atoms with Gasteiger partial charge in [0.2, 0.25) is 0 Å². The third-order valence-corrected chi connectivity index (χ3v) is 4.78. The third kappa shape index (κ3) is 2.56. The Morgan fingerprint density at radius 3 is 2.84 bits per heavy atom. The number of piperidine rings is 1. The van der Waals surface area contributed by atoms with Gasteiger partial charge < -0.3 is 10.6 Å². The van der Waals surface area contributed by atoms with E-state index in [2.05, 4.69) is 15.1 Å². The first kappa shape index (κ1) is 12.8. The molecule has 0 spiro atoms. The van der Waals surface area contributed by atoms with Gasteiger partial charge in [0.1, 0.15) is 4.99 Å². The SMILES string of the molecule is NC(=S)c1ccnnc1N1CCC2CCCCC2C1. The van der Waals surface area contributed by atoms with E-state index in [1.807, 2.05) is 6.07 Å². The summed E-state index contributed by atoms with van der Waals surface area (Å²) in [5, 5.41) is 8.27. The lowest BCUT2D eigenvalue weighted by Gasteiger charge is -2.42. The number of thiocarbonyl (C=S) groups is 1. The Balaban J connectivity index is 1.81. The van der Waals surface area contributed by atoms with E-state index in [4.69, 9.17) is 18.0 Å². The molecule has 19 heavy (non-hydrogen) atoms. The molecule has 2 unspecified atom stereocenters. The first-order valence-corrected chi connectivity index (χ1v) is 7.53. The zero-order valence-corrected chi connectivity index (χ0v) is 11.9. The van der Waals surface area contributed by atoms with Crippen molar-refractivity contribution in [1.29, 1.82) is 0 Å². The summed E-state index contributed by atoms with van der Waals surface area (Å²) in [5.74, 6) is 2.60. The summed E-state index contributed by atoms with van der Waals surface area (Å²) in [6, 6.07) is 1.87. The molecule has 1 saturated heterocycles. The first-order chi connectivity index (χ1) is 9.25. The minimum absolute atomic E-state index is 0.413. The Morgan fingerprint density at radius 2 is 2.05 bits per heavy atom. The Kier molecular flexibility index (Phi) is 3.64.